The lowest BCUT2D eigenvalue weighted by atomic mass is 9.96. The molecule has 1 saturated heterocycles. The Kier molecular flexibility index (Phi) is 6.25. The molecular weight excluding hydrogens is 266 g/mol. The van der Waals surface area contributed by atoms with Crippen LogP contribution in [-0.4, -0.2) is 27.9 Å². The summed E-state index contributed by atoms with van der Waals surface area (Å²) >= 11 is 0. The van der Waals surface area contributed by atoms with Crippen LogP contribution >= 0.6 is 12.4 Å². The Bertz CT molecular complexity index is 406. The molecule has 5 heteroatoms. The highest BCUT2D eigenvalue weighted by molar-refractivity contribution is 5.85. The van der Waals surface area contributed by atoms with Crippen LogP contribution in [-0.2, 0) is 0 Å². The molecule has 1 aromatic rings. The summed E-state index contributed by atoms with van der Waals surface area (Å²) in [5.41, 5.74) is 1.15. The summed E-state index contributed by atoms with van der Waals surface area (Å²) in [4.78, 5) is 0. The molecule has 1 N–H and O–H groups in total. The van der Waals surface area contributed by atoms with Crippen LogP contribution in [0.15, 0.2) is 12.1 Å². The summed E-state index contributed by atoms with van der Waals surface area (Å²) in [7, 11) is 4.98. The number of hydrogen-bond donors (Lipinski definition) is 1. The molecule has 1 aliphatic rings. The van der Waals surface area contributed by atoms with Gasteiger partial charge in [-0.05, 0) is 25.5 Å². The van der Waals surface area contributed by atoms with E-state index in [1.807, 2.05) is 12.1 Å². The van der Waals surface area contributed by atoms with E-state index in [9.17, 15) is 0 Å². The van der Waals surface area contributed by atoms with Crippen molar-refractivity contribution in [3.05, 3.63) is 17.7 Å². The molecule has 0 aliphatic carbocycles. The molecule has 1 aromatic carbocycles. The first kappa shape index (κ1) is 15.9. The van der Waals surface area contributed by atoms with E-state index in [0.717, 1.165) is 30.0 Å². The summed E-state index contributed by atoms with van der Waals surface area (Å²) in [5.74, 6) is 2.31. The lowest BCUT2D eigenvalue weighted by molar-refractivity contribution is 0.340. The van der Waals surface area contributed by atoms with Crippen molar-refractivity contribution in [3.8, 4) is 17.2 Å². The predicted molar refractivity (Wildman–Crippen MR) is 77.9 cm³/mol. The predicted octanol–water partition coefficient (Wildman–Crippen LogP) is 2.95. The minimum Gasteiger partial charge on any atom is -0.496 e. The van der Waals surface area contributed by atoms with Crippen molar-refractivity contribution in [2.45, 2.75) is 25.3 Å². The Labute approximate surface area is 120 Å². The molecule has 2 rings (SSSR count). The molecular formula is C14H22ClNO3. The number of nitrogens with one attached hydrogen (secondary N) is 1. The number of halogens is 1. The van der Waals surface area contributed by atoms with E-state index in [1.165, 1.54) is 12.8 Å². The summed E-state index contributed by atoms with van der Waals surface area (Å²) < 4.78 is 16.1. The van der Waals surface area contributed by atoms with Gasteiger partial charge < -0.3 is 19.5 Å². The van der Waals surface area contributed by atoms with Gasteiger partial charge in [-0.25, -0.2) is 0 Å². The Balaban J connectivity index is 0.00000180. The maximum Gasteiger partial charge on any atom is 0.164 e. The highest BCUT2D eigenvalue weighted by atomic mass is 35.5. The Morgan fingerprint density at radius 3 is 2.11 bits per heavy atom. The molecule has 1 atom stereocenters. The summed E-state index contributed by atoms with van der Waals surface area (Å²) in [5, 5.41) is 3.52. The highest BCUT2D eigenvalue weighted by Gasteiger charge is 2.21. The number of benzene rings is 1. The van der Waals surface area contributed by atoms with Crippen LogP contribution in [0.25, 0.3) is 0 Å². The average Bonchev–Trinajstić information content (AvgIpc) is 2.46. The number of hydrogen-bond acceptors (Lipinski definition) is 4. The zero-order valence-corrected chi connectivity index (χ0v) is 12.5. The monoisotopic (exact) mass is 287 g/mol. The molecule has 0 radical (unpaired) electrons. The zero-order valence-electron chi connectivity index (χ0n) is 11.7. The van der Waals surface area contributed by atoms with E-state index in [4.69, 9.17) is 14.2 Å². The van der Waals surface area contributed by atoms with E-state index < -0.39 is 0 Å². The van der Waals surface area contributed by atoms with Gasteiger partial charge in [0.25, 0.3) is 0 Å². The van der Waals surface area contributed by atoms with Crippen LogP contribution in [0.3, 0.4) is 0 Å². The fourth-order valence-corrected chi connectivity index (χ4v) is 2.44. The van der Waals surface area contributed by atoms with Gasteiger partial charge in [-0.3, -0.25) is 0 Å². The van der Waals surface area contributed by atoms with E-state index in [2.05, 4.69) is 5.32 Å². The van der Waals surface area contributed by atoms with Gasteiger partial charge >= 0.3 is 0 Å². The minimum atomic E-state index is 0. The Hall–Kier alpha value is -1.13. The summed E-state index contributed by atoms with van der Waals surface area (Å²) in [6.07, 6.45) is 3.62. The van der Waals surface area contributed by atoms with Crippen LogP contribution in [0.1, 0.15) is 30.9 Å². The van der Waals surface area contributed by atoms with Crippen LogP contribution in [0.5, 0.6) is 17.2 Å². The third-order valence-electron chi connectivity index (χ3n) is 3.42. The van der Waals surface area contributed by atoms with E-state index in [1.54, 1.807) is 21.3 Å². The third kappa shape index (κ3) is 3.45. The number of ether oxygens (including phenoxy) is 3. The lowest BCUT2D eigenvalue weighted by Gasteiger charge is -2.26. The van der Waals surface area contributed by atoms with Gasteiger partial charge in [0.15, 0.2) is 11.5 Å². The zero-order chi connectivity index (χ0) is 13.0. The Morgan fingerprint density at radius 1 is 0.947 bits per heavy atom. The molecule has 0 amide bonds. The second-order valence-corrected chi connectivity index (χ2v) is 4.45. The molecule has 0 unspecified atom stereocenters. The second-order valence-electron chi connectivity index (χ2n) is 4.45. The van der Waals surface area contributed by atoms with E-state index in [0.29, 0.717) is 11.8 Å². The van der Waals surface area contributed by atoms with E-state index >= 15 is 0 Å². The molecule has 1 heterocycles. The topological polar surface area (TPSA) is 39.7 Å². The smallest absolute Gasteiger partial charge is 0.164 e. The molecule has 0 aromatic heterocycles. The van der Waals surface area contributed by atoms with Crippen molar-refractivity contribution >= 4 is 12.4 Å². The first-order valence-electron chi connectivity index (χ1n) is 6.33. The third-order valence-corrected chi connectivity index (χ3v) is 3.42. The van der Waals surface area contributed by atoms with Gasteiger partial charge in [-0.1, -0.05) is 6.42 Å². The van der Waals surface area contributed by atoms with Crippen molar-refractivity contribution in [1.82, 2.24) is 5.32 Å². The second kappa shape index (κ2) is 7.46. The van der Waals surface area contributed by atoms with Crippen LogP contribution in [0.2, 0.25) is 0 Å². The van der Waals surface area contributed by atoms with Gasteiger partial charge in [0, 0.05) is 17.7 Å². The lowest BCUT2D eigenvalue weighted by Crippen LogP contribution is -2.27. The van der Waals surface area contributed by atoms with Crippen LogP contribution in [0, 0.1) is 0 Å². The maximum absolute atomic E-state index is 5.46. The van der Waals surface area contributed by atoms with Gasteiger partial charge in [-0.2, -0.15) is 0 Å². The number of methoxy groups -OCH3 is 3. The van der Waals surface area contributed by atoms with Gasteiger partial charge in [-0.15, -0.1) is 12.4 Å². The maximum atomic E-state index is 5.46. The van der Waals surface area contributed by atoms with Gasteiger partial charge in [0.05, 0.1) is 21.3 Å². The quantitative estimate of drug-likeness (QED) is 0.924. The van der Waals surface area contributed by atoms with Crippen LogP contribution in [0.4, 0.5) is 0 Å². The molecule has 108 valence electrons. The van der Waals surface area contributed by atoms with Crippen molar-refractivity contribution in [1.29, 1.82) is 0 Å². The molecule has 1 fully saturated rings. The van der Waals surface area contributed by atoms with Crippen molar-refractivity contribution in [3.63, 3.8) is 0 Å². The minimum absolute atomic E-state index is 0. The molecule has 4 nitrogen and oxygen atoms in total. The standard InChI is InChI=1S/C14H21NO3.ClH/c1-16-12-9-14(18-3)13(17-2)8-10(12)11-6-4-5-7-15-11;/h8-9,11,15H,4-7H2,1-3H3;1H/t11-;/m0./s1. The van der Waals surface area contributed by atoms with Crippen molar-refractivity contribution < 1.29 is 14.2 Å². The fourth-order valence-electron chi connectivity index (χ4n) is 2.44. The Morgan fingerprint density at radius 2 is 1.58 bits per heavy atom. The molecule has 19 heavy (non-hydrogen) atoms. The highest BCUT2D eigenvalue weighted by Crippen LogP contribution is 2.39. The van der Waals surface area contributed by atoms with Crippen molar-refractivity contribution in [2.24, 2.45) is 0 Å². The van der Waals surface area contributed by atoms with Crippen molar-refractivity contribution in [2.75, 3.05) is 27.9 Å². The molecule has 0 bridgehead atoms. The molecule has 0 spiro atoms. The number of piperidine rings is 1. The fraction of sp³-hybridized carbons (Fsp3) is 0.571. The molecule has 1 aliphatic heterocycles. The van der Waals surface area contributed by atoms with Crippen LogP contribution < -0.4 is 19.5 Å². The SMILES string of the molecule is COc1cc(OC)c([C@@H]2CCCCN2)cc1OC.Cl. The summed E-state index contributed by atoms with van der Waals surface area (Å²) in [6, 6.07) is 4.25. The van der Waals surface area contributed by atoms with Gasteiger partial charge in [0.2, 0.25) is 0 Å². The first-order valence-corrected chi connectivity index (χ1v) is 6.33. The first-order chi connectivity index (χ1) is 8.80. The number of rotatable bonds is 4. The van der Waals surface area contributed by atoms with E-state index in [-0.39, 0.29) is 12.4 Å². The molecule has 0 saturated carbocycles. The average molecular weight is 288 g/mol. The largest absolute Gasteiger partial charge is 0.496 e. The normalized spacial score (nSPS) is 18.4. The van der Waals surface area contributed by atoms with Gasteiger partial charge in [0.1, 0.15) is 5.75 Å². The summed E-state index contributed by atoms with van der Waals surface area (Å²) in [6.45, 7) is 1.06.